The number of hydrogen-bond donors (Lipinski definition) is 1. The highest BCUT2D eigenvalue weighted by molar-refractivity contribution is 7.71. The number of fused-ring (bicyclic) bond motifs is 1. The van der Waals surface area contributed by atoms with Crippen LogP contribution in [0.15, 0.2) is 42.5 Å². The second-order valence-electron chi connectivity index (χ2n) is 4.49. The maximum Gasteiger partial charge on any atom is 0.182 e. The lowest BCUT2D eigenvalue weighted by Crippen LogP contribution is -2.00. The molecule has 0 saturated carbocycles. The van der Waals surface area contributed by atoms with Gasteiger partial charge >= 0.3 is 0 Å². The number of imidazole rings is 1. The summed E-state index contributed by atoms with van der Waals surface area (Å²) in [5.41, 5.74) is 4.03. The van der Waals surface area contributed by atoms with E-state index in [4.69, 9.17) is 28.6 Å². The fourth-order valence-electron chi connectivity index (χ4n) is 2.33. The summed E-state index contributed by atoms with van der Waals surface area (Å²) in [6, 6.07) is 13.8. The fourth-order valence-corrected chi connectivity index (χ4v) is 2.81. The van der Waals surface area contributed by atoms with Gasteiger partial charge in [-0.2, -0.15) is 0 Å². The molecule has 1 N–H and O–H groups in total. The summed E-state index contributed by atoms with van der Waals surface area (Å²) in [6.45, 7) is 0.540. The second kappa shape index (κ2) is 5.40. The molecule has 0 fully saturated rings. The summed E-state index contributed by atoms with van der Waals surface area (Å²) in [6.07, 6.45) is 0. The molecule has 0 spiro atoms. The summed E-state index contributed by atoms with van der Waals surface area (Å²) in [5, 5.41) is 0.686. The highest BCUT2D eigenvalue weighted by atomic mass is 35.5. The van der Waals surface area contributed by atoms with E-state index in [1.54, 1.807) is 7.11 Å². The molecule has 5 heteroatoms. The van der Waals surface area contributed by atoms with Gasteiger partial charge in [0.25, 0.3) is 0 Å². The summed E-state index contributed by atoms with van der Waals surface area (Å²) in [4.78, 5) is 3.19. The van der Waals surface area contributed by atoms with Crippen molar-refractivity contribution in [3.63, 3.8) is 0 Å². The predicted molar refractivity (Wildman–Crippen MR) is 84.2 cm³/mol. The molecule has 3 rings (SSSR count). The maximum atomic E-state index is 6.02. The van der Waals surface area contributed by atoms with Gasteiger partial charge in [0.1, 0.15) is 0 Å². The minimum absolute atomic E-state index is 0.540. The Morgan fingerprint density at radius 1 is 1.25 bits per heavy atom. The van der Waals surface area contributed by atoms with E-state index in [9.17, 15) is 0 Å². The predicted octanol–water partition coefficient (Wildman–Crippen LogP) is 4.49. The molecular formula is C15H13ClN2OS. The molecule has 0 atom stereocenters. The number of aromatic amines is 1. The van der Waals surface area contributed by atoms with E-state index < -0.39 is 0 Å². The lowest BCUT2D eigenvalue weighted by molar-refractivity contribution is 0.185. The highest BCUT2D eigenvalue weighted by Gasteiger charge is 2.10. The number of benzene rings is 2. The van der Waals surface area contributed by atoms with Crippen LogP contribution >= 0.6 is 23.8 Å². The zero-order valence-corrected chi connectivity index (χ0v) is 12.5. The van der Waals surface area contributed by atoms with Crippen molar-refractivity contribution in [1.29, 1.82) is 0 Å². The lowest BCUT2D eigenvalue weighted by Gasteiger charge is -2.10. The van der Waals surface area contributed by atoms with Gasteiger partial charge < -0.3 is 9.72 Å². The van der Waals surface area contributed by atoms with E-state index >= 15 is 0 Å². The number of aromatic nitrogens is 2. The number of nitrogens with one attached hydrogen (secondary N) is 1. The standard InChI is InChI=1S/C15H13ClN2OS/c1-19-9-10-4-2-3-5-13(10)18-14-7-6-11(16)8-12(14)17-15(18)20/h2-8H,9H2,1H3,(H,17,20). The second-order valence-corrected chi connectivity index (χ2v) is 5.31. The molecule has 0 aliphatic rings. The van der Waals surface area contributed by atoms with Crippen LogP contribution in [0.1, 0.15) is 5.56 Å². The normalized spacial score (nSPS) is 11.1. The van der Waals surface area contributed by atoms with Crippen molar-refractivity contribution in [2.45, 2.75) is 6.61 Å². The largest absolute Gasteiger partial charge is 0.380 e. The number of para-hydroxylation sites is 1. The average Bonchev–Trinajstić information content (AvgIpc) is 2.75. The van der Waals surface area contributed by atoms with Gasteiger partial charge in [-0.3, -0.25) is 4.57 Å². The number of halogens is 1. The van der Waals surface area contributed by atoms with Gasteiger partial charge in [0.05, 0.1) is 23.3 Å². The fraction of sp³-hybridized carbons (Fsp3) is 0.133. The first-order chi connectivity index (χ1) is 9.70. The number of nitrogens with zero attached hydrogens (tertiary/aromatic N) is 1. The Morgan fingerprint density at radius 3 is 2.85 bits per heavy atom. The first-order valence-corrected chi connectivity index (χ1v) is 6.97. The molecule has 2 aromatic carbocycles. The Kier molecular flexibility index (Phi) is 3.61. The van der Waals surface area contributed by atoms with Crippen LogP contribution < -0.4 is 0 Å². The van der Waals surface area contributed by atoms with Crippen LogP contribution in [0, 0.1) is 4.77 Å². The zero-order valence-electron chi connectivity index (χ0n) is 10.9. The molecule has 102 valence electrons. The Labute approximate surface area is 126 Å². The molecule has 20 heavy (non-hydrogen) atoms. The van der Waals surface area contributed by atoms with E-state index in [2.05, 4.69) is 4.98 Å². The van der Waals surface area contributed by atoms with Crippen molar-refractivity contribution in [3.05, 3.63) is 57.8 Å². The van der Waals surface area contributed by atoms with Crippen LogP contribution in [-0.2, 0) is 11.3 Å². The molecule has 0 radical (unpaired) electrons. The third kappa shape index (κ3) is 2.26. The van der Waals surface area contributed by atoms with E-state index in [-0.39, 0.29) is 0 Å². The SMILES string of the molecule is COCc1ccccc1-n1c(=S)[nH]c2cc(Cl)ccc21. The van der Waals surface area contributed by atoms with Crippen molar-refractivity contribution < 1.29 is 4.74 Å². The zero-order chi connectivity index (χ0) is 14.1. The van der Waals surface area contributed by atoms with Crippen LogP contribution in [0.25, 0.3) is 16.7 Å². The summed E-state index contributed by atoms with van der Waals surface area (Å²) >= 11 is 11.5. The molecular weight excluding hydrogens is 292 g/mol. The summed E-state index contributed by atoms with van der Waals surface area (Å²) in [5.74, 6) is 0. The molecule has 1 aromatic heterocycles. The Bertz CT molecular complexity index is 822. The third-order valence-electron chi connectivity index (χ3n) is 3.18. The van der Waals surface area contributed by atoms with Crippen molar-refractivity contribution in [3.8, 4) is 5.69 Å². The number of rotatable bonds is 3. The Hall–Kier alpha value is -1.62. The maximum absolute atomic E-state index is 6.02. The minimum atomic E-state index is 0.540. The van der Waals surface area contributed by atoms with Gasteiger partial charge in [-0.05, 0) is 36.5 Å². The number of ether oxygens (including phenoxy) is 1. The molecule has 0 amide bonds. The smallest absolute Gasteiger partial charge is 0.182 e. The van der Waals surface area contributed by atoms with Crippen molar-refractivity contribution in [2.24, 2.45) is 0 Å². The third-order valence-corrected chi connectivity index (χ3v) is 3.70. The topological polar surface area (TPSA) is 29.9 Å². The van der Waals surface area contributed by atoms with Crippen LogP contribution in [0.5, 0.6) is 0 Å². The lowest BCUT2D eigenvalue weighted by atomic mass is 10.2. The minimum Gasteiger partial charge on any atom is -0.380 e. The van der Waals surface area contributed by atoms with Gasteiger partial charge in [0.2, 0.25) is 0 Å². The average molecular weight is 305 g/mol. The van der Waals surface area contributed by atoms with Gasteiger partial charge in [-0.25, -0.2) is 0 Å². The Balaban J connectivity index is 2.30. The van der Waals surface area contributed by atoms with Crippen LogP contribution in [0.4, 0.5) is 0 Å². The quantitative estimate of drug-likeness (QED) is 0.723. The van der Waals surface area contributed by atoms with E-state index in [1.807, 2.05) is 47.0 Å². The monoisotopic (exact) mass is 304 g/mol. The van der Waals surface area contributed by atoms with Gasteiger partial charge in [0.15, 0.2) is 4.77 Å². The van der Waals surface area contributed by atoms with Crippen molar-refractivity contribution in [1.82, 2.24) is 9.55 Å². The summed E-state index contributed by atoms with van der Waals surface area (Å²) in [7, 11) is 1.69. The van der Waals surface area contributed by atoms with Crippen molar-refractivity contribution >= 4 is 34.9 Å². The van der Waals surface area contributed by atoms with Gasteiger partial charge in [-0.1, -0.05) is 29.8 Å². The van der Waals surface area contributed by atoms with Gasteiger partial charge in [0, 0.05) is 17.7 Å². The highest BCUT2D eigenvalue weighted by Crippen LogP contribution is 2.24. The molecule has 3 nitrogen and oxygen atoms in total. The van der Waals surface area contributed by atoms with Crippen LogP contribution in [-0.4, -0.2) is 16.7 Å². The van der Waals surface area contributed by atoms with Crippen LogP contribution in [0.2, 0.25) is 5.02 Å². The molecule has 0 aliphatic carbocycles. The van der Waals surface area contributed by atoms with E-state index in [1.165, 1.54) is 0 Å². The van der Waals surface area contributed by atoms with Crippen molar-refractivity contribution in [2.75, 3.05) is 7.11 Å². The summed E-state index contributed by atoms with van der Waals surface area (Å²) < 4.78 is 7.91. The first-order valence-electron chi connectivity index (χ1n) is 6.18. The number of H-pyrrole nitrogens is 1. The van der Waals surface area contributed by atoms with E-state index in [0.29, 0.717) is 16.4 Å². The van der Waals surface area contributed by atoms with Crippen LogP contribution in [0.3, 0.4) is 0 Å². The number of hydrogen-bond acceptors (Lipinski definition) is 2. The van der Waals surface area contributed by atoms with E-state index in [0.717, 1.165) is 22.3 Å². The first kappa shape index (κ1) is 13.4. The molecule has 0 saturated heterocycles. The molecule has 0 aliphatic heterocycles. The molecule has 0 unspecified atom stereocenters. The number of methoxy groups -OCH3 is 1. The van der Waals surface area contributed by atoms with Gasteiger partial charge in [-0.15, -0.1) is 0 Å². The molecule has 3 aromatic rings. The Morgan fingerprint density at radius 2 is 2.05 bits per heavy atom. The molecule has 0 bridgehead atoms. The molecule has 1 heterocycles.